The molecule has 0 bridgehead atoms. The van der Waals surface area contributed by atoms with Crippen molar-refractivity contribution >= 4 is 22.6 Å². The Morgan fingerprint density at radius 2 is 2.05 bits per heavy atom. The third kappa shape index (κ3) is 4.35. The normalized spacial score (nSPS) is 25.0. The van der Waals surface area contributed by atoms with E-state index in [1.54, 1.807) is 11.1 Å². The van der Waals surface area contributed by atoms with Crippen molar-refractivity contribution in [3.63, 3.8) is 0 Å². The Morgan fingerprint density at radius 1 is 1.20 bits per heavy atom. The molecule has 3 aliphatic heterocycles. The van der Waals surface area contributed by atoms with E-state index >= 15 is 4.39 Å². The second-order valence-electron chi connectivity index (χ2n) is 13.1. The zero-order chi connectivity index (χ0) is 30.0. The lowest BCUT2D eigenvalue weighted by Gasteiger charge is -2.41. The van der Waals surface area contributed by atoms with Gasteiger partial charge in [0.2, 0.25) is 5.91 Å². The molecule has 2 aromatic heterocycles. The van der Waals surface area contributed by atoms with Gasteiger partial charge in [-0.05, 0) is 80.7 Å². The molecule has 9 nitrogen and oxygen atoms in total. The van der Waals surface area contributed by atoms with Crippen LogP contribution in [0.5, 0.6) is 6.01 Å². The van der Waals surface area contributed by atoms with Gasteiger partial charge in [0.25, 0.3) is 0 Å². The number of carbonyl (C=O) groups excluding carboxylic acids is 1. The van der Waals surface area contributed by atoms with Crippen LogP contribution in [0.3, 0.4) is 0 Å². The fraction of sp³-hybridized carbons (Fsp3) is 0.500. The van der Waals surface area contributed by atoms with Crippen LogP contribution in [0.2, 0.25) is 0 Å². The largest absolute Gasteiger partial charge is 0.461 e. The molecule has 4 fully saturated rings. The van der Waals surface area contributed by atoms with Crippen LogP contribution in [0.1, 0.15) is 55.6 Å². The smallest absolute Gasteiger partial charge is 0.319 e. The summed E-state index contributed by atoms with van der Waals surface area (Å²) in [6.45, 7) is 7.47. The SMILES string of the molecule is C=CC(=O)N1CCN(c2nc(OCC34CCCN3CCC4)nc3c(F)c(-c4cccc5c4C4CC4C5)ncc23)C[C@@H]1CC#N. The molecule has 2 unspecified atom stereocenters. The molecule has 3 atom stereocenters. The molecule has 3 saturated heterocycles. The lowest BCUT2D eigenvalue weighted by molar-refractivity contribution is -0.128. The molecule has 1 saturated carbocycles. The number of benzene rings is 1. The van der Waals surface area contributed by atoms with Crippen molar-refractivity contribution in [3.8, 4) is 23.3 Å². The third-order valence-corrected chi connectivity index (χ3v) is 10.7. The van der Waals surface area contributed by atoms with Crippen LogP contribution < -0.4 is 9.64 Å². The molecule has 3 aromatic rings. The Bertz CT molecular complexity index is 1710. The van der Waals surface area contributed by atoms with Gasteiger partial charge in [-0.15, -0.1) is 0 Å². The van der Waals surface area contributed by atoms with Crippen LogP contribution in [0.4, 0.5) is 10.2 Å². The zero-order valence-corrected chi connectivity index (χ0v) is 24.8. The second kappa shape index (κ2) is 10.5. The van der Waals surface area contributed by atoms with Crippen molar-refractivity contribution in [3.05, 3.63) is 54.0 Å². The van der Waals surface area contributed by atoms with E-state index in [4.69, 9.17) is 19.7 Å². The molecule has 1 aromatic carbocycles. The Morgan fingerprint density at radius 3 is 2.84 bits per heavy atom. The fourth-order valence-electron chi connectivity index (χ4n) is 8.45. The number of pyridine rings is 1. The molecule has 10 heteroatoms. The minimum atomic E-state index is -0.468. The fourth-order valence-corrected chi connectivity index (χ4v) is 8.45. The van der Waals surface area contributed by atoms with E-state index < -0.39 is 5.82 Å². The number of aromatic nitrogens is 3. The van der Waals surface area contributed by atoms with E-state index in [1.807, 2.05) is 17.0 Å². The van der Waals surface area contributed by atoms with Crippen molar-refractivity contribution in [1.82, 2.24) is 24.8 Å². The van der Waals surface area contributed by atoms with Gasteiger partial charge in [0.1, 0.15) is 23.6 Å². The van der Waals surface area contributed by atoms with E-state index in [-0.39, 0.29) is 35.4 Å². The maximum absolute atomic E-state index is 16.7. The van der Waals surface area contributed by atoms with Gasteiger partial charge in [-0.25, -0.2) is 4.39 Å². The van der Waals surface area contributed by atoms with Gasteiger partial charge in [-0.2, -0.15) is 15.2 Å². The summed E-state index contributed by atoms with van der Waals surface area (Å²) in [6, 6.07) is 8.14. The van der Waals surface area contributed by atoms with Crippen molar-refractivity contribution in [2.45, 2.75) is 62.4 Å². The number of nitrogens with zero attached hydrogens (tertiary/aromatic N) is 7. The molecule has 1 amide bonds. The number of carbonyl (C=O) groups is 1. The first-order valence-electron chi connectivity index (χ1n) is 15.9. The molecule has 44 heavy (non-hydrogen) atoms. The average molecular weight is 594 g/mol. The van der Waals surface area contributed by atoms with Crippen LogP contribution in [0, 0.1) is 23.1 Å². The quantitative estimate of drug-likeness (QED) is 0.366. The molecular weight excluding hydrogens is 557 g/mol. The van der Waals surface area contributed by atoms with Crippen molar-refractivity contribution in [2.24, 2.45) is 5.92 Å². The number of nitriles is 1. The minimum Gasteiger partial charge on any atom is -0.461 e. The molecule has 8 rings (SSSR count). The van der Waals surface area contributed by atoms with E-state index in [9.17, 15) is 10.1 Å². The topological polar surface area (TPSA) is 98.5 Å². The highest BCUT2D eigenvalue weighted by Gasteiger charge is 2.47. The molecule has 226 valence electrons. The lowest BCUT2D eigenvalue weighted by Crippen LogP contribution is -2.55. The Balaban J connectivity index is 1.21. The highest BCUT2D eigenvalue weighted by atomic mass is 19.1. The maximum Gasteiger partial charge on any atom is 0.319 e. The van der Waals surface area contributed by atoms with Gasteiger partial charge < -0.3 is 14.5 Å². The summed E-state index contributed by atoms with van der Waals surface area (Å²) in [4.78, 5) is 33.0. The van der Waals surface area contributed by atoms with Gasteiger partial charge in [-0.3, -0.25) is 14.7 Å². The van der Waals surface area contributed by atoms with Crippen LogP contribution in [-0.4, -0.2) is 81.6 Å². The number of piperazine rings is 1. The molecule has 2 aliphatic carbocycles. The van der Waals surface area contributed by atoms with E-state index in [0.717, 1.165) is 57.2 Å². The predicted molar refractivity (Wildman–Crippen MR) is 164 cm³/mol. The van der Waals surface area contributed by atoms with E-state index in [2.05, 4.69) is 23.6 Å². The minimum absolute atomic E-state index is 0.0135. The first kappa shape index (κ1) is 27.4. The first-order valence-corrected chi connectivity index (χ1v) is 15.9. The number of ether oxygens (including phenoxy) is 1. The summed E-state index contributed by atoms with van der Waals surface area (Å²) >= 11 is 0. The van der Waals surface area contributed by atoms with Gasteiger partial charge in [0, 0.05) is 31.4 Å². The highest BCUT2D eigenvalue weighted by Crippen LogP contribution is 2.58. The first-order chi connectivity index (χ1) is 21.5. The summed E-state index contributed by atoms with van der Waals surface area (Å²) in [5.41, 5.74) is 3.87. The van der Waals surface area contributed by atoms with Gasteiger partial charge in [0.05, 0.1) is 29.5 Å². The summed E-state index contributed by atoms with van der Waals surface area (Å²) in [6.07, 6.45) is 9.79. The van der Waals surface area contributed by atoms with Crippen LogP contribution in [0.15, 0.2) is 37.1 Å². The highest BCUT2D eigenvalue weighted by molar-refractivity contribution is 5.93. The number of halogens is 1. The summed E-state index contributed by atoms with van der Waals surface area (Å²) in [5.74, 6) is 1.00. The Labute approximate surface area is 256 Å². The van der Waals surface area contributed by atoms with Crippen LogP contribution in [0.25, 0.3) is 22.2 Å². The van der Waals surface area contributed by atoms with E-state index in [1.165, 1.54) is 17.2 Å². The van der Waals surface area contributed by atoms with Crippen molar-refractivity contribution in [1.29, 1.82) is 5.26 Å². The Hall–Kier alpha value is -4.10. The predicted octanol–water partition coefficient (Wildman–Crippen LogP) is 4.61. The maximum atomic E-state index is 16.7. The lowest BCUT2D eigenvalue weighted by atomic mass is 9.95. The number of hydrogen-bond acceptors (Lipinski definition) is 8. The molecule has 5 aliphatic rings. The van der Waals surface area contributed by atoms with Crippen molar-refractivity contribution < 1.29 is 13.9 Å². The number of fused-ring (bicyclic) bond motifs is 5. The number of amides is 1. The van der Waals surface area contributed by atoms with Crippen molar-refractivity contribution in [2.75, 3.05) is 44.2 Å². The molecule has 0 N–H and O–H groups in total. The molecule has 0 radical (unpaired) electrons. The van der Waals surface area contributed by atoms with Gasteiger partial charge in [0.15, 0.2) is 5.82 Å². The monoisotopic (exact) mass is 593 g/mol. The number of rotatable bonds is 7. The standard InChI is InChI=1S/C34H36FN7O2/c1-2-27(43)42-15-14-40(19-23(42)8-11-36)32-26-18-37-30(24-7-3-6-21-16-22-17-25(22)28(21)24)29(35)31(26)38-33(39-32)44-20-34-9-4-12-41(34)13-5-10-34/h2-3,6-7,18,22-23,25H,1,4-5,8-10,12-17,19-20H2/t22?,23-,25?/m0/s1. The summed E-state index contributed by atoms with van der Waals surface area (Å²) in [5, 5.41) is 10.0. The van der Waals surface area contributed by atoms with E-state index in [0.29, 0.717) is 55.0 Å². The summed E-state index contributed by atoms with van der Waals surface area (Å²) < 4.78 is 23.1. The number of anilines is 1. The molecule has 5 heterocycles. The molecular formula is C34H36FN7O2. The van der Waals surface area contributed by atoms with Crippen LogP contribution >= 0.6 is 0 Å². The third-order valence-electron chi connectivity index (χ3n) is 10.7. The van der Waals surface area contributed by atoms with Crippen LogP contribution in [-0.2, 0) is 11.2 Å². The average Bonchev–Trinajstić information content (AvgIpc) is 3.33. The Kier molecular flexibility index (Phi) is 6.56. The summed E-state index contributed by atoms with van der Waals surface area (Å²) in [7, 11) is 0. The number of hydrogen-bond donors (Lipinski definition) is 0. The zero-order valence-electron chi connectivity index (χ0n) is 24.8. The second-order valence-corrected chi connectivity index (χ2v) is 13.1. The molecule has 0 spiro atoms. The van der Waals surface area contributed by atoms with Gasteiger partial charge >= 0.3 is 6.01 Å². The van der Waals surface area contributed by atoms with Gasteiger partial charge in [-0.1, -0.05) is 24.8 Å².